The van der Waals surface area contributed by atoms with Crippen molar-refractivity contribution in [3.8, 4) is 5.75 Å². The van der Waals surface area contributed by atoms with E-state index in [1.807, 2.05) is 0 Å². The molecular formula is C25H32FN3O3. The van der Waals surface area contributed by atoms with Crippen molar-refractivity contribution in [1.29, 1.82) is 0 Å². The highest BCUT2D eigenvalue weighted by molar-refractivity contribution is 5.68. The summed E-state index contributed by atoms with van der Waals surface area (Å²) in [6.07, 6.45) is 6.29. The number of piperidine rings is 1. The summed E-state index contributed by atoms with van der Waals surface area (Å²) in [6, 6.07) is 8.79. The van der Waals surface area contributed by atoms with Crippen LogP contribution in [0, 0.1) is 11.7 Å². The Labute approximate surface area is 188 Å². The molecule has 2 aliphatic heterocycles. The van der Waals surface area contributed by atoms with Gasteiger partial charge in [0.2, 0.25) is 0 Å². The zero-order chi connectivity index (χ0) is 22.5. The van der Waals surface area contributed by atoms with E-state index in [1.54, 1.807) is 12.1 Å². The summed E-state index contributed by atoms with van der Waals surface area (Å²) >= 11 is 0. The summed E-state index contributed by atoms with van der Waals surface area (Å²) in [5.41, 5.74) is 3.14. The summed E-state index contributed by atoms with van der Waals surface area (Å²) < 4.78 is 19.2. The lowest BCUT2D eigenvalue weighted by Crippen LogP contribution is -2.38. The minimum Gasteiger partial charge on any atom is -0.494 e. The Kier molecular flexibility index (Phi) is 7.25. The molecule has 1 unspecified atom stereocenters. The van der Waals surface area contributed by atoms with E-state index < -0.39 is 11.8 Å². The summed E-state index contributed by atoms with van der Waals surface area (Å²) in [7, 11) is 1.42. The standard InChI is InChI=1S/C25H32FN3O3/c1-32-23-9-6-19(15-21(23)26)22(16-24(30)31)29-13-10-17(11-14-29)4-7-20-8-5-18-3-2-12-27-25(18)28-20/h5-6,8-9,15,17,22H,2-4,7,10-14,16H2,1H3,(H,27,28)(H,30,31). The summed E-state index contributed by atoms with van der Waals surface area (Å²) in [5, 5.41) is 12.8. The molecule has 6 nitrogen and oxygen atoms in total. The van der Waals surface area contributed by atoms with E-state index in [0.29, 0.717) is 11.5 Å². The normalized spacial score (nSPS) is 17.9. The smallest absolute Gasteiger partial charge is 0.305 e. The first-order valence-electron chi connectivity index (χ1n) is 11.6. The fourth-order valence-corrected chi connectivity index (χ4v) is 4.93. The fraction of sp³-hybridized carbons (Fsp3) is 0.520. The van der Waals surface area contributed by atoms with E-state index in [1.165, 1.54) is 25.2 Å². The fourth-order valence-electron chi connectivity index (χ4n) is 4.93. The Bertz CT molecular complexity index is 944. The molecule has 2 N–H and O–H groups in total. The van der Waals surface area contributed by atoms with Crippen molar-refractivity contribution in [3.63, 3.8) is 0 Å². The van der Waals surface area contributed by atoms with E-state index in [2.05, 4.69) is 22.3 Å². The number of benzene rings is 1. The number of aliphatic carboxylic acids is 1. The number of hydrogen-bond donors (Lipinski definition) is 2. The zero-order valence-electron chi connectivity index (χ0n) is 18.6. The number of fused-ring (bicyclic) bond motifs is 1. The van der Waals surface area contributed by atoms with Gasteiger partial charge in [-0.1, -0.05) is 12.1 Å². The molecule has 172 valence electrons. The van der Waals surface area contributed by atoms with Crippen LogP contribution in [0.25, 0.3) is 0 Å². The Hall–Kier alpha value is -2.67. The molecule has 2 aliphatic rings. The Morgan fingerprint density at radius 2 is 2.12 bits per heavy atom. The Morgan fingerprint density at radius 1 is 1.31 bits per heavy atom. The van der Waals surface area contributed by atoms with E-state index in [9.17, 15) is 14.3 Å². The average Bonchev–Trinajstić information content (AvgIpc) is 2.81. The third-order valence-corrected chi connectivity index (χ3v) is 6.78. The first kappa shape index (κ1) is 22.5. The van der Waals surface area contributed by atoms with Crippen molar-refractivity contribution in [3.05, 3.63) is 53.0 Å². The topological polar surface area (TPSA) is 74.7 Å². The molecule has 0 aliphatic carbocycles. The van der Waals surface area contributed by atoms with Crippen LogP contribution in [0.4, 0.5) is 10.2 Å². The van der Waals surface area contributed by atoms with Crippen LogP contribution in [0.1, 0.15) is 55.0 Å². The number of pyridine rings is 1. The molecule has 0 amide bonds. The number of halogens is 1. The highest BCUT2D eigenvalue weighted by Gasteiger charge is 2.28. The van der Waals surface area contributed by atoms with Gasteiger partial charge in [-0.25, -0.2) is 9.37 Å². The summed E-state index contributed by atoms with van der Waals surface area (Å²) in [6.45, 7) is 2.63. The first-order valence-corrected chi connectivity index (χ1v) is 11.6. The van der Waals surface area contributed by atoms with Crippen LogP contribution in [0.2, 0.25) is 0 Å². The van der Waals surface area contributed by atoms with Gasteiger partial charge in [-0.15, -0.1) is 0 Å². The number of likely N-dealkylation sites (tertiary alicyclic amines) is 1. The zero-order valence-corrected chi connectivity index (χ0v) is 18.6. The minimum absolute atomic E-state index is 0.0392. The van der Waals surface area contributed by atoms with Gasteiger partial charge in [0, 0.05) is 18.3 Å². The second kappa shape index (κ2) is 10.3. The van der Waals surface area contributed by atoms with Crippen LogP contribution in [-0.4, -0.2) is 47.7 Å². The third-order valence-electron chi connectivity index (χ3n) is 6.78. The maximum Gasteiger partial charge on any atom is 0.305 e. The van der Waals surface area contributed by atoms with Crippen LogP contribution >= 0.6 is 0 Å². The van der Waals surface area contributed by atoms with Crippen LogP contribution in [0.15, 0.2) is 30.3 Å². The second-order valence-electron chi connectivity index (χ2n) is 8.87. The number of rotatable bonds is 8. The number of methoxy groups -OCH3 is 1. The molecular weight excluding hydrogens is 409 g/mol. The molecule has 0 radical (unpaired) electrons. The molecule has 3 heterocycles. The number of nitrogens with one attached hydrogen (secondary N) is 1. The molecule has 0 saturated carbocycles. The van der Waals surface area contributed by atoms with Gasteiger partial charge in [-0.3, -0.25) is 9.69 Å². The molecule has 1 saturated heterocycles. The van der Waals surface area contributed by atoms with Gasteiger partial charge in [0.05, 0.1) is 13.5 Å². The molecule has 0 bridgehead atoms. The van der Waals surface area contributed by atoms with Crippen molar-refractivity contribution in [2.75, 3.05) is 32.1 Å². The van der Waals surface area contributed by atoms with E-state index >= 15 is 0 Å². The number of hydrogen-bond acceptors (Lipinski definition) is 5. The molecule has 1 aromatic heterocycles. The minimum atomic E-state index is -0.875. The highest BCUT2D eigenvalue weighted by atomic mass is 19.1. The van der Waals surface area contributed by atoms with Crippen molar-refractivity contribution in [1.82, 2.24) is 9.88 Å². The number of ether oxygens (including phenoxy) is 1. The molecule has 1 atom stereocenters. The SMILES string of the molecule is COc1ccc(C(CC(=O)O)N2CCC(CCc3ccc4c(n3)NCCC4)CC2)cc1F. The number of carbonyl (C=O) groups is 1. The Balaban J connectivity index is 1.34. The van der Waals surface area contributed by atoms with E-state index in [0.717, 1.165) is 63.3 Å². The van der Waals surface area contributed by atoms with Crippen molar-refractivity contribution in [2.45, 2.75) is 51.0 Å². The molecule has 0 spiro atoms. The van der Waals surface area contributed by atoms with Crippen LogP contribution < -0.4 is 10.1 Å². The predicted molar refractivity (Wildman–Crippen MR) is 122 cm³/mol. The van der Waals surface area contributed by atoms with Gasteiger partial charge in [-0.2, -0.15) is 0 Å². The number of aromatic nitrogens is 1. The van der Waals surface area contributed by atoms with Crippen LogP contribution in [-0.2, 0) is 17.6 Å². The largest absolute Gasteiger partial charge is 0.494 e. The second-order valence-corrected chi connectivity index (χ2v) is 8.87. The molecule has 1 aromatic carbocycles. The number of carboxylic acid groups (broad SMARTS) is 1. The lowest BCUT2D eigenvalue weighted by molar-refractivity contribution is -0.138. The van der Waals surface area contributed by atoms with Gasteiger partial charge in [0.25, 0.3) is 0 Å². The lowest BCUT2D eigenvalue weighted by atomic mass is 9.89. The predicted octanol–water partition coefficient (Wildman–Crippen LogP) is 4.45. The third kappa shape index (κ3) is 5.38. The van der Waals surface area contributed by atoms with Gasteiger partial charge in [0.15, 0.2) is 11.6 Å². The lowest BCUT2D eigenvalue weighted by Gasteiger charge is -2.37. The van der Waals surface area contributed by atoms with Crippen molar-refractivity contribution in [2.24, 2.45) is 5.92 Å². The van der Waals surface area contributed by atoms with Crippen LogP contribution in [0.3, 0.4) is 0 Å². The van der Waals surface area contributed by atoms with Gasteiger partial charge >= 0.3 is 5.97 Å². The number of nitrogens with zero attached hydrogens (tertiary/aromatic N) is 2. The highest BCUT2D eigenvalue weighted by Crippen LogP contribution is 2.33. The quantitative estimate of drug-likeness (QED) is 0.631. The average molecular weight is 442 g/mol. The molecule has 1 fully saturated rings. The summed E-state index contributed by atoms with van der Waals surface area (Å²) in [4.78, 5) is 18.5. The number of carboxylic acids is 1. The maximum absolute atomic E-state index is 14.2. The van der Waals surface area contributed by atoms with Gasteiger partial charge < -0.3 is 15.2 Å². The van der Waals surface area contributed by atoms with Gasteiger partial charge in [0.1, 0.15) is 5.82 Å². The molecule has 7 heteroatoms. The summed E-state index contributed by atoms with van der Waals surface area (Å²) in [5.74, 6) is 0.484. The van der Waals surface area contributed by atoms with Crippen molar-refractivity contribution >= 4 is 11.8 Å². The number of anilines is 1. The van der Waals surface area contributed by atoms with E-state index in [4.69, 9.17) is 9.72 Å². The molecule has 2 aromatic rings. The molecule has 32 heavy (non-hydrogen) atoms. The first-order chi connectivity index (χ1) is 15.5. The number of aryl methyl sites for hydroxylation is 2. The van der Waals surface area contributed by atoms with E-state index in [-0.39, 0.29) is 18.2 Å². The van der Waals surface area contributed by atoms with Crippen LogP contribution in [0.5, 0.6) is 5.75 Å². The molecule has 4 rings (SSSR count). The van der Waals surface area contributed by atoms with Crippen molar-refractivity contribution < 1.29 is 19.0 Å². The van der Waals surface area contributed by atoms with Gasteiger partial charge in [-0.05, 0) is 86.9 Å². The Morgan fingerprint density at radius 3 is 2.84 bits per heavy atom. The monoisotopic (exact) mass is 441 g/mol. The maximum atomic E-state index is 14.2.